The van der Waals surface area contributed by atoms with E-state index in [0.29, 0.717) is 6.54 Å². The predicted octanol–water partition coefficient (Wildman–Crippen LogP) is 1.93. The molecule has 0 aliphatic carbocycles. The molecule has 0 radical (unpaired) electrons. The fourth-order valence-electron chi connectivity index (χ4n) is 1.56. The summed E-state index contributed by atoms with van der Waals surface area (Å²) < 4.78 is 1.94. The van der Waals surface area contributed by atoms with Crippen LogP contribution in [0, 0.1) is 6.92 Å². The number of aryl methyl sites for hydroxylation is 1. The summed E-state index contributed by atoms with van der Waals surface area (Å²) in [6.45, 7) is 2.48. The summed E-state index contributed by atoms with van der Waals surface area (Å²) in [6, 6.07) is 9.66. The lowest BCUT2D eigenvalue weighted by Gasteiger charge is -2.12. The molecule has 1 aromatic heterocycles. The molecule has 0 saturated heterocycles. The Hall–Kier alpha value is -1.61. The molecule has 0 bridgehead atoms. The lowest BCUT2D eigenvalue weighted by atomic mass is 10.1. The average molecular weight is 202 g/mol. The van der Waals surface area contributed by atoms with E-state index in [9.17, 15) is 5.11 Å². The van der Waals surface area contributed by atoms with Gasteiger partial charge in [0.1, 0.15) is 5.82 Å². The molecule has 1 atom stereocenters. The van der Waals surface area contributed by atoms with Crippen LogP contribution in [0.15, 0.2) is 42.7 Å². The van der Waals surface area contributed by atoms with E-state index in [2.05, 4.69) is 4.98 Å². The highest BCUT2D eigenvalue weighted by molar-refractivity contribution is 5.17. The maximum absolute atomic E-state index is 9.97. The second kappa shape index (κ2) is 4.28. The van der Waals surface area contributed by atoms with Gasteiger partial charge < -0.3 is 9.67 Å². The predicted molar refractivity (Wildman–Crippen MR) is 58.4 cm³/mol. The van der Waals surface area contributed by atoms with Gasteiger partial charge >= 0.3 is 0 Å². The third-order valence-electron chi connectivity index (χ3n) is 2.48. The maximum atomic E-state index is 9.97. The molecule has 0 spiro atoms. The minimum atomic E-state index is -0.473. The number of benzene rings is 1. The number of rotatable bonds is 3. The second-order valence-corrected chi connectivity index (χ2v) is 3.55. The largest absolute Gasteiger partial charge is 0.387 e. The maximum Gasteiger partial charge on any atom is 0.105 e. The van der Waals surface area contributed by atoms with E-state index >= 15 is 0 Å². The zero-order chi connectivity index (χ0) is 10.7. The van der Waals surface area contributed by atoms with Gasteiger partial charge in [-0.2, -0.15) is 0 Å². The molecule has 0 aliphatic rings. The van der Waals surface area contributed by atoms with Crippen molar-refractivity contribution in [1.29, 1.82) is 0 Å². The van der Waals surface area contributed by atoms with Gasteiger partial charge in [-0.15, -0.1) is 0 Å². The lowest BCUT2D eigenvalue weighted by Crippen LogP contribution is -2.09. The summed E-state index contributed by atoms with van der Waals surface area (Å²) >= 11 is 0. The minimum absolute atomic E-state index is 0.473. The van der Waals surface area contributed by atoms with Crippen molar-refractivity contribution < 1.29 is 5.11 Å². The van der Waals surface area contributed by atoms with Crippen LogP contribution < -0.4 is 0 Å². The number of hydrogen-bond donors (Lipinski definition) is 1. The third kappa shape index (κ3) is 2.25. The summed E-state index contributed by atoms with van der Waals surface area (Å²) in [6.07, 6.45) is 3.15. The Labute approximate surface area is 89.0 Å². The molecule has 1 unspecified atom stereocenters. The van der Waals surface area contributed by atoms with E-state index in [1.54, 1.807) is 6.20 Å². The Kier molecular flexibility index (Phi) is 2.83. The van der Waals surface area contributed by atoms with Crippen LogP contribution in [0.4, 0.5) is 0 Å². The van der Waals surface area contributed by atoms with Crippen molar-refractivity contribution in [2.24, 2.45) is 0 Å². The zero-order valence-electron chi connectivity index (χ0n) is 8.67. The number of aliphatic hydroxyl groups excluding tert-OH is 1. The number of nitrogens with zero attached hydrogens (tertiary/aromatic N) is 2. The Bertz CT molecular complexity index is 422. The summed E-state index contributed by atoms with van der Waals surface area (Å²) in [5.74, 6) is 0.921. The normalized spacial score (nSPS) is 12.7. The van der Waals surface area contributed by atoms with Gasteiger partial charge in [0.2, 0.25) is 0 Å². The van der Waals surface area contributed by atoms with Gasteiger partial charge in [-0.05, 0) is 12.5 Å². The molecule has 3 nitrogen and oxygen atoms in total. The van der Waals surface area contributed by atoms with Crippen molar-refractivity contribution in [1.82, 2.24) is 9.55 Å². The fraction of sp³-hybridized carbons (Fsp3) is 0.250. The van der Waals surface area contributed by atoms with E-state index in [1.165, 1.54) is 0 Å². The quantitative estimate of drug-likeness (QED) is 0.825. The molecule has 2 aromatic rings. The van der Waals surface area contributed by atoms with Crippen LogP contribution in [0.1, 0.15) is 17.5 Å². The third-order valence-corrected chi connectivity index (χ3v) is 2.48. The molecular weight excluding hydrogens is 188 g/mol. The molecule has 0 saturated carbocycles. The van der Waals surface area contributed by atoms with Crippen molar-refractivity contribution in [2.45, 2.75) is 19.6 Å². The Morgan fingerprint density at radius 2 is 2.07 bits per heavy atom. The highest BCUT2D eigenvalue weighted by atomic mass is 16.3. The van der Waals surface area contributed by atoms with E-state index in [0.717, 1.165) is 11.4 Å². The lowest BCUT2D eigenvalue weighted by molar-refractivity contribution is 0.155. The van der Waals surface area contributed by atoms with Crippen LogP contribution in [-0.2, 0) is 6.54 Å². The van der Waals surface area contributed by atoms with Crippen LogP contribution in [0.2, 0.25) is 0 Å². The summed E-state index contributed by atoms with van der Waals surface area (Å²) in [5, 5.41) is 9.97. The molecular formula is C12H14N2O. The van der Waals surface area contributed by atoms with E-state index in [1.807, 2.05) is 48.0 Å². The first-order valence-corrected chi connectivity index (χ1v) is 4.98. The first-order valence-electron chi connectivity index (χ1n) is 4.98. The van der Waals surface area contributed by atoms with Crippen molar-refractivity contribution in [3.63, 3.8) is 0 Å². The van der Waals surface area contributed by atoms with Crippen molar-refractivity contribution in [2.75, 3.05) is 0 Å². The molecule has 0 amide bonds. The summed E-state index contributed by atoms with van der Waals surface area (Å²) in [4.78, 5) is 4.12. The second-order valence-electron chi connectivity index (χ2n) is 3.55. The Morgan fingerprint density at radius 3 is 2.67 bits per heavy atom. The molecule has 2 rings (SSSR count). The highest BCUT2D eigenvalue weighted by Gasteiger charge is 2.08. The van der Waals surface area contributed by atoms with Crippen molar-refractivity contribution in [3.8, 4) is 0 Å². The van der Waals surface area contributed by atoms with Crippen LogP contribution in [0.25, 0.3) is 0 Å². The van der Waals surface area contributed by atoms with Crippen LogP contribution in [-0.4, -0.2) is 14.7 Å². The molecule has 0 aliphatic heterocycles. The van der Waals surface area contributed by atoms with E-state index in [4.69, 9.17) is 0 Å². The van der Waals surface area contributed by atoms with Crippen molar-refractivity contribution >= 4 is 0 Å². The van der Waals surface area contributed by atoms with E-state index < -0.39 is 6.10 Å². The van der Waals surface area contributed by atoms with Gasteiger partial charge in [0.15, 0.2) is 0 Å². The van der Waals surface area contributed by atoms with E-state index in [-0.39, 0.29) is 0 Å². The number of hydrogen-bond acceptors (Lipinski definition) is 2. The SMILES string of the molecule is Cc1nccn1CC(O)c1ccccc1. The van der Waals surface area contributed by atoms with Gasteiger partial charge in [-0.1, -0.05) is 30.3 Å². The molecule has 1 heterocycles. The van der Waals surface area contributed by atoms with Gasteiger partial charge in [-0.3, -0.25) is 0 Å². The Balaban J connectivity index is 2.11. The molecule has 1 N–H and O–H groups in total. The number of aromatic nitrogens is 2. The molecule has 78 valence electrons. The monoisotopic (exact) mass is 202 g/mol. The van der Waals surface area contributed by atoms with Crippen molar-refractivity contribution in [3.05, 3.63) is 54.1 Å². The minimum Gasteiger partial charge on any atom is -0.387 e. The number of imidazole rings is 1. The summed E-state index contributed by atoms with van der Waals surface area (Å²) in [7, 11) is 0. The highest BCUT2D eigenvalue weighted by Crippen LogP contribution is 2.14. The average Bonchev–Trinajstić information content (AvgIpc) is 2.66. The molecule has 1 aromatic carbocycles. The topological polar surface area (TPSA) is 38.0 Å². The summed E-state index contributed by atoms with van der Waals surface area (Å²) in [5.41, 5.74) is 0.936. The van der Waals surface area contributed by atoms with Crippen LogP contribution in [0.3, 0.4) is 0 Å². The van der Waals surface area contributed by atoms with Crippen LogP contribution in [0.5, 0.6) is 0 Å². The van der Waals surface area contributed by atoms with Gasteiger partial charge in [0.25, 0.3) is 0 Å². The van der Waals surface area contributed by atoms with Crippen LogP contribution >= 0.6 is 0 Å². The van der Waals surface area contributed by atoms with Gasteiger partial charge in [-0.25, -0.2) is 4.98 Å². The fourth-order valence-corrected chi connectivity index (χ4v) is 1.56. The first-order chi connectivity index (χ1) is 7.27. The Morgan fingerprint density at radius 1 is 1.33 bits per heavy atom. The number of aliphatic hydroxyl groups is 1. The molecule has 3 heteroatoms. The van der Waals surface area contributed by atoms with Gasteiger partial charge in [0.05, 0.1) is 12.6 Å². The molecule has 15 heavy (non-hydrogen) atoms. The zero-order valence-corrected chi connectivity index (χ0v) is 8.67. The van der Waals surface area contributed by atoms with Gasteiger partial charge in [0, 0.05) is 12.4 Å². The molecule has 0 fully saturated rings. The standard InChI is InChI=1S/C12H14N2O/c1-10-13-7-8-14(10)9-12(15)11-5-3-2-4-6-11/h2-8,12,15H,9H2,1H3. The first kappa shape index (κ1) is 9.93. The smallest absolute Gasteiger partial charge is 0.105 e.